The minimum atomic E-state index is -4.38. The van der Waals surface area contributed by atoms with E-state index in [0.29, 0.717) is 6.42 Å². The monoisotopic (exact) mass is 355 g/mol. The second kappa shape index (κ2) is 7.70. The van der Waals surface area contributed by atoms with Gasteiger partial charge in [-0.05, 0) is 48.4 Å². The van der Waals surface area contributed by atoms with Crippen molar-refractivity contribution >= 4 is 26.3 Å². The van der Waals surface area contributed by atoms with Crippen molar-refractivity contribution < 1.29 is 17.6 Å². The third-order valence-corrected chi connectivity index (χ3v) is 9.89. The third kappa shape index (κ3) is 8.01. The molecule has 1 aliphatic rings. The number of aliphatic imine (C=N–C) groups is 1. The van der Waals surface area contributed by atoms with Gasteiger partial charge in [-0.3, -0.25) is 4.99 Å². The quantitative estimate of drug-likeness (QED) is 0.326. The normalized spacial score (nSPS) is 18.9. The number of hydrogen-bond acceptors (Lipinski definition) is 3. The fourth-order valence-corrected chi connectivity index (χ4v) is 3.98. The molecule has 0 radical (unpaired) electrons. The Balaban J connectivity index is 2.57. The molecule has 1 saturated carbocycles. The smallest absolute Gasteiger partial charge is 0.396 e. The highest BCUT2D eigenvalue weighted by atomic mass is 32.2. The standard InChI is InChI=1S/C15H28F3NOSSi/c1-14(2,3)22(4,5)20-13(19-11-15(16,17)18)8-9-21-10-12-6-7-12/h11-13H,6-10H2,1-5H3/b19-11+. The molecule has 1 atom stereocenters. The van der Waals surface area contributed by atoms with E-state index in [0.717, 1.165) is 17.4 Å². The maximum Gasteiger partial charge on any atom is 0.426 e. The summed E-state index contributed by atoms with van der Waals surface area (Å²) < 4.78 is 43.2. The first kappa shape index (κ1) is 20.0. The number of halogens is 3. The lowest BCUT2D eigenvalue weighted by atomic mass is 10.2. The molecule has 0 N–H and O–H groups in total. The lowest BCUT2D eigenvalue weighted by molar-refractivity contribution is -0.0545. The van der Waals surface area contributed by atoms with Crippen LogP contribution in [0, 0.1) is 5.92 Å². The second-order valence-electron chi connectivity index (χ2n) is 7.46. The summed E-state index contributed by atoms with van der Waals surface area (Å²) in [6, 6.07) is 0. The SMILES string of the molecule is CC(C)(C)[Si](C)(C)OC(CCSCC1CC1)/N=C/C(F)(F)F. The molecule has 2 nitrogen and oxygen atoms in total. The predicted octanol–water partition coefficient (Wildman–Crippen LogP) is 5.50. The zero-order valence-corrected chi connectivity index (χ0v) is 16.0. The fourth-order valence-electron chi connectivity index (χ4n) is 1.57. The molecule has 0 heterocycles. The number of alkyl halides is 3. The molecule has 0 spiro atoms. The Labute approximate surface area is 137 Å². The summed E-state index contributed by atoms with van der Waals surface area (Å²) in [5, 5.41) is -0.0415. The van der Waals surface area contributed by atoms with Gasteiger partial charge < -0.3 is 4.43 Å². The number of thioether (sulfide) groups is 1. The van der Waals surface area contributed by atoms with E-state index < -0.39 is 20.7 Å². The predicted molar refractivity (Wildman–Crippen MR) is 91.3 cm³/mol. The summed E-state index contributed by atoms with van der Waals surface area (Å²) in [4.78, 5) is 3.68. The van der Waals surface area contributed by atoms with E-state index in [9.17, 15) is 13.2 Å². The molecule has 0 aromatic rings. The highest BCUT2D eigenvalue weighted by Gasteiger charge is 2.39. The molecule has 1 rings (SSSR count). The van der Waals surface area contributed by atoms with E-state index in [1.165, 1.54) is 12.8 Å². The van der Waals surface area contributed by atoms with Crippen LogP contribution in [-0.4, -0.2) is 38.4 Å². The van der Waals surface area contributed by atoms with Gasteiger partial charge in [0.2, 0.25) is 0 Å². The van der Waals surface area contributed by atoms with Gasteiger partial charge in [0.15, 0.2) is 8.32 Å². The van der Waals surface area contributed by atoms with E-state index in [1.54, 1.807) is 11.8 Å². The van der Waals surface area contributed by atoms with Crippen molar-refractivity contribution in [1.29, 1.82) is 0 Å². The molecule has 0 saturated heterocycles. The Kier molecular flexibility index (Phi) is 7.02. The summed E-state index contributed by atoms with van der Waals surface area (Å²) >= 11 is 1.80. The molecule has 130 valence electrons. The van der Waals surface area contributed by atoms with Crippen molar-refractivity contribution in [2.75, 3.05) is 11.5 Å². The van der Waals surface area contributed by atoms with E-state index in [2.05, 4.69) is 25.8 Å². The van der Waals surface area contributed by atoms with Crippen LogP contribution in [0.2, 0.25) is 18.1 Å². The van der Waals surface area contributed by atoms with E-state index in [1.807, 2.05) is 13.1 Å². The van der Waals surface area contributed by atoms with Gasteiger partial charge in [0.05, 0.1) is 0 Å². The summed E-state index contributed by atoms with van der Waals surface area (Å²) in [7, 11) is -2.12. The summed E-state index contributed by atoms with van der Waals surface area (Å²) in [5.74, 6) is 2.73. The van der Waals surface area contributed by atoms with Crippen LogP contribution >= 0.6 is 11.8 Å². The molecular formula is C15H28F3NOSSi. The minimum absolute atomic E-state index is 0.0415. The van der Waals surface area contributed by atoms with Crippen molar-refractivity contribution in [3.05, 3.63) is 0 Å². The summed E-state index contributed by atoms with van der Waals surface area (Å²) in [6.45, 7) is 10.3. The van der Waals surface area contributed by atoms with Crippen molar-refractivity contribution in [2.45, 2.75) is 70.6 Å². The van der Waals surface area contributed by atoms with Gasteiger partial charge in [-0.1, -0.05) is 20.8 Å². The Morgan fingerprint density at radius 1 is 1.27 bits per heavy atom. The van der Waals surface area contributed by atoms with Gasteiger partial charge in [-0.2, -0.15) is 24.9 Å². The minimum Gasteiger partial charge on any atom is -0.396 e. The lowest BCUT2D eigenvalue weighted by Gasteiger charge is -2.38. The molecule has 22 heavy (non-hydrogen) atoms. The Morgan fingerprint density at radius 3 is 2.32 bits per heavy atom. The summed E-state index contributed by atoms with van der Waals surface area (Å²) in [6.07, 6.45) is -1.86. The molecule has 0 aromatic heterocycles. The van der Waals surface area contributed by atoms with Crippen molar-refractivity contribution in [3.8, 4) is 0 Å². The van der Waals surface area contributed by atoms with Crippen LogP contribution in [0.3, 0.4) is 0 Å². The number of rotatable bonds is 8. The average molecular weight is 356 g/mol. The van der Waals surface area contributed by atoms with Crippen LogP contribution in [0.1, 0.15) is 40.0 Å². The van der Waals surface area contributed by atoms with Gasteiger partial charge in [-0.15, -0.1) is 0 Å². The van der Waals surface area contributed by atoms with Gasteiger partial charge in [0.1, 0.15) is 12.4 Å². The van der Waals surface area contributed by atoms with Crippen LogP contribution in [-0.2, 0) is 4.43 Å². The van der Waals surface area contributed by atoms with Crippen LogP contribution in [0.5, 0.6) is 0 Å². The zero-order valence-electron chi connectivity index (χ0n) is 14.2. The van der Waals surface area contributed by atoms with Crippen molar-refractivity contribution in [2.24, 2.45) is 10.9 Å². The van der Waals surface area contributed by atoms with Crippen molar-refractivity contribution in [3.63, 3.8) is 0 Å². The molecular weight excluding hydrogens is 327 g/mol. The highest BCUT2D eigenvalue weighted by molar-refractivity contribution is 7.99. The van der Waals surface area contributed by atoms with Gasteiger partial charge in [-0.25, -0.2) is 0 Å². The Morgan fingerprint density at radius 2 is 1.86 bits per heavy atom. The maximum atomic E-state index is 12.4. The van der Waals surface area contributed by atoms with Gasteiger partial charge in [0.25, 0.3) is 0 Å². The average Bonchev–Trinajstić information content (AvgIpc) is 3.12. The molecule has 7 heteroatoms. The zero-order chi connectivity index (χ0) is 17.0. The molecule has 1 aliphatic carbocycles. The Hall–Kier alpha value is -0.0131. The Bertz CT molecular complexity index is 376. The first-order chi connectivity index (χ1) is 9.91. The van der Waals surface area contributed by atoms with Gasteiger partial charge >= 0.3 is 6.18 Å². The molecule has 0 aromatic carbocycles. The number of nitrogens with zero attached hydrogens (tertiary/aromatic N) is 1. The highest BCUT2D eigenvalue weighted by Crippen LogP contribution is 2.38. The first-order valence-electron chi connectivity index (χ1n) is 7.77. The first-order valence-corrected chi connectivity index (χ1v) is 11.8. The second-order valence-corrected chi connectivity index (χ2v) is 13.4. The maximum absolute atomic E-state index is 12.4. The third-order valence-electron chi connectivity index (χ3n) is 4.18. The van der Waals surface area contributed by atoms with Crippen LogP contribution in [0.15, 0.2) is 4.99 Å². The van der Waals surface area contributed by atoms with E-state index >= 15 is 0 Å². The van der Waals surface area contributed by atoms with Crippen LogP contribution in [0.4, 0.5) is 13.2 Å². The molecule has 1 fully saturated rings. The lowest BCUT2D eigenvalue weighted by Crippen LogP contribution is -2.43. The van der Waals surface area contributed by atoms with Crippen molar-refractivity contribution in [1.82, 2.24) is 0 Å². The fraction of sp³-hybridized carbons (Fsp3) is 0.933. The molecule has 0 amide bonds. The topological polar surface area (TPSA) is 21.6 Å². The van der Waals surface area contributed by atoms with E-state index in [-0.39, 0.29) is 11.3 Å². The molecule has 0 bridgehead atoms. The van der Waals surface area contributed by atoms with Gasteiger partial charge in [0, 0.05) is 6.42 Å². The molecule has 1 unspecified atom stereocenters. The molecule has 0 aliphatic heterocycles. The summed E-state index contributed by atoms with van der Waals surface area (Å²) in [5.41, 5.74) is 0. The largest absolute Gasteiger partial charge is 0.426 e. The van der Waals surface area contributed by atoms with E-state index in [4.69, 9.17) is 4.43 Å². The van der Waals surface area contributed by atoms with Crippen LogP contribution in [0.25, 0.3) is 0 Å². The van der Waals surface area contributed by atoms with Crippen LogP contribution < -0.4 is 0 Å². The number of hydrogen-bond donors (Lipinski definition) is 0.